The van der Waals surface area contributed by atoms with Crippen molar-refractivity contribution in [2.24, 2.45) is 11.7 Å². The van der Waals surface area contributed by atoms with Gasteiger partial charge in [-0.15, -0.1) is 0 Å². The Morgan fingerprint density at radius 3 is 2.68 bits per heavy atom. The zero-order valence-electron chi connectivity index (χ0n) is 11.8. The lowest BCUT2D eigenvalue weighted by molar-refractivity contribution is 0.0636. The lowest BCUT2D eigenvalue weighted by Gasteiger charge is -2.20. The van der Waals surface area contributed by atoms with E-state index in [4.69, 9.17) is 10.5 Å². The fourth-order valence-corrected chi connectivity index (χ4v) is 2.24. The van der Waals surface area contributed by atoms with Crippen molar-refractivity contribution in [3.8, 4) is 0 Å². The van der Waals surface area contributed by atoms with Crippen LogP contribution >= 0.6 is 0 Å². The third-order valence-corrected chi connectivity index (χ3v) is 3.22. The predicted molar refractivity (Wildman–Crippen MR) is 76.2 cm³/mol. The van der Waals surface area contributed by atoms with E-state index >= 15 is 0 Å². The number of hydrogen-bond acceptors (Lipinski definition) is 3. The molecule has 1 aromatic rings. The second-order valence-corrected chi connectivity index (χ2v) is 6.05. The number of hydrogen-bond donors (Lipinski definition) is 2. The Morgan fingerprint density at radius 2 is 2.11 bits per heavy atom. The summed E-state index contributed by atoms with van der Waals surface area (Å²) in [7, 11) is 0. The van der Waals surface area contributed by atoms with Crippen LogP contribution in [0.2, 0.25) is 0 Å². The van der Waals surface area contributed by atoms with Crippen molar-refractivity contribution in [3.63, 3.8) is 0 Å². The molecule has 0 unspecified atom stereocenters. The average molecular weight is 262 g/mol. The standard InChI is InChI=1S/C15H22N2O2/c1-15(2,3)19-14(18)17-13-7-5-4-6-11(13)12-8-10(12)9-16/h4-7,10,12H,8-9,16H2,1-3H3,(H,17,18)/t10-,12+/m0/s1. The number of para-hydroxylation sites is 1. The van der Waals surface area contributed by atoms with Crippen molar-refractivity contribution in [3.05, 3.63) is 29.8 Å². The van der Waals surface area contributed by atoms with Crippen LogP contribution in [0.3, 0.4) is 0 Å². The molecule has 0 radical (unpaired) electrons. The van der Waals surface area contributed by atoms with Gasteiger partial charge in [0.05, 0.1) is 0 Å². The Morgan fingerprint density at radius 1 is 1.42 bits per heavy atom. The van der Waals surface area contributed by atoms with Crippen molar-refractivity contribution in [2.45, 2.75) is 38.7 Å². The molecule has 1 amide bonds. The van der Waals surface area contributed by atoms with Crippen molar-refractivity contribution in [1.82, 2.24) is 0 Å². The minimum atomic E-state index is -0.488. The summed E-state index contributed by atoms with van der Waals surface area (Å²) in [4.78, 5) is 11.8. The molecule has 0 bridgehead atoms. The number of benzene rings is 1. The molecule has 1 aliphatic rings. The van der Waals surface area contributed by atoms with Gasteiger partial charge in [-0.05, 0) is 57.2 Å². The van der Waals surface area contributed by atoms with Gasteiger partial charge in [0.25, 0.3) is 0 Å². The number of rotatable bonds is 3. The van der Waals surface area contributed by atoms with E-state index in [1.807, 2.05) is 45.0 Å². The maximum atomic E-state index is 11.8. The summed E-state index contributed by atoms with van der Waals surface area (Å²) >= 11 is 0. The van der Waals surface area contributed by atoms with Crippen LogP contribution in [0.15, 0.2) is 24.3 Å². The van der Waals surface area contributed by atoms with Crippen LogP contribution in [0.5, 0.6) is 0 Å². The van der Waals surface area contributed by atoms with Gasteiger partial charge in [0.15, 0.2) is 0 Å². The quantitative estimate of drug-likeness (QED) is 0.879. The number of nitrogens with one attached hydrogen (secondary N) is 1. The normalized spacial score (nSPS) is 21.9. The number of carbonyl (C=O) groups is 1. The van der Waals surface area contributed by atoms with Crippen LogP contribution in [0.1, 0.15) is 38.7 Å². The van der Waals surface area contributed by atoms with Crippen LogP contribution in [-0.2, 0) is 4.74 Å². The minimum absolute atomic E-state index is 0.412. The van der Waals surface area contributed by atoms with Crippen LogP contribution in [0.4, 0.5) is 10.5 Å². The van der Waals surface area contributed by atoms with E-state index in [0.29, 0.717) is 18.4 Å². The zero-order chi connectivity index (χ0) is 14.0. The molecule has 4 heteroatoms. The molecule has 4 nitrogen and oxygen atoms in total. The summed E-state index contributed by atoms with van der Waals surface area (Å²) in [6.45, 7) is 6.25. The van der Waals surface area contributed by atoms with Crippen molar-refractivity contribution in [1.29, 1.82) is 0 Å². The smallest absolute Gasteiger partial charge is 0.412 e. The van der Waals surface area contributed by atoms with Crippen LogP contribution < -0.4 is 11.1 Å². The summed E-state index contributed by atoms with van der Waals surface area (Å²) in [6.07, 6.45) is 0.689. The molecule has 2 atom stereocenters. The highest BCUT2D eigenvalue weighted by atomic mass is 16.6. The molecule has 2 rings (SSSR count). The van der Waals surface area contributed by atoms with Gasteiger partial charge in [-0.25, -0.2) is 4.79 Å². The van der Waals surface area contributed by atoms with Gasteiger partial charge in [0, 0.05) is 5.69 Å². The first-order valence-electron chi connectivity index (χ1n) is 6.69. The third-order valence-electron chi connectivity index (χ3n) is 3.22. The molecule has 1 fully saturated rings. The maximum absolute atomic E-state index is 11.8. The van der Waals surface area contributed by atoms with Gasteiger partial charge in [-0.3, -0.25) is 5.32 Å². The molecule has 3 N–H and O–H groups in total. The lowest BCUT2D eigenvalue weighted by atomic mass is 10.1. The Labute approximate surface area is 114 Å². The van der Waals surface area contributed by atoms with Crippen molar-refractivity contribution < 1.29 is 9.53 Å². The first-order chi connectivity index (χ1) is 8.90. The highest BCUT2D eigenvalue weighted by Gasteiger charge is 2.38. The van der Waals surface area contributed by atoms with Gasteiger partial charge >= 0.3 is 6.09 Å². The predicted octanol–water partition coefficient (Wildman–Crippen LogP) is 3.10. The lowest BCUT2D eigenvalue weighted by Crippen LogP contribution is -2.27. The molecule has 0 aliphatic heterocycles. The summed E-state index contributed by atoms with van der Waals surface area (Å²) in [6, 6.07) is 7.86. The maximum Gasteiger partial charge on any atom is 0.412 e. The van der Waals surface area contributed by atoms with Gasteiger partial charge in [0.1, 0.15) is 5.60 Å². The highest BCUT2D eigenvalue weighted by Crippen LogP contribution is 2.48. The first kappa shape index (κ1) is 13.9. The van der Waals surface area contributed by atoms with Crippen LogP contribution in [0, 0.1) is 5.92 Å². The molecule has 0 aromatic heterocycles. The van der Waals surface area contributed by atoms with E-state index in [0.717, 1.165) is 17.7 Å². The molecule has 1 saturated carbocycles. The number of carbonyl (C=O) groups excluding carboxylic acids is 1. The van der Waals surface area contributed by atoms with E-state index in [9.17, 15) is 4.79 Å². The summed E-state index contributed by atoms with van der Waals surface area (Å²) in [5.41, 5.74) is 7.18. The number of nitrogens with two attached hydrogens (primary N) is 1. The largest absolute Gasteiger partial charge is 0.444 e. The van der Waals surface area contributed by atoms with Gasteiger partial charge in [-0.2, -0.15) is 0 Å². The van der Waals surface area contributed by atoms with Gasteiger partial charge in [0.2, 0.25) is 0 Å². The second-order valence-electron chi connectivity index (χ2n) is 6.05. The summed E-state index contributed by atoms with van der Waals surface area (Å²) < 4.78 is 5.28. The SMILES string of the molecule is CC(C)(C)OC(=O)Nc1ccccc1[C@@H]1C[C@H]1CN. The van der Waals surface area contributed by atoms with Crippen molar-refractivity contribution >= 4 is 11.8 Å². The third kappa shape index (κ3) is 3.70. The van der Waals surface area contributed by atoms with Crippen molar-refractivity contribution in [2.75, 3.05) is 11.9 Å². The molecule has 19 heavy (non-hydrogen) atoms. The average Bonchev–Trinajstić information content (AvgIpc) is 3.06. The highest BCUT2D eigenvalue weighted by molar-refractivity contribution is 5.86. The Bertz CT molecular complexity index is 465. The number of amides is 1. The summed E-state index contributed by atoms with van der Waals surface area (Å²) in [5.74, 6) is 1.01. The number of anilines is 1. The van der Waals surface area contributed by atoms with Crippen LogP contribution in [0.25, 0.3) is 0 Å². The van der Waals surface area contributed by atoms with E-state index in [1.165, 1.54) is 0 Å². The van der Waals surface area contributed by atoms with Gasteiger partial charge in [-0.1, -0.05) is 18.2 Å². The Kier molecular flexibility index (Phi) is 3.80. The van der Waals surface area contributed by atoms with Crippen LogP contribution in [-0.4, -0.2) is 18.2 Å². The molecule has 0 saturated heterocycles. The molecule has 104 valence electrons. The van der Waals surface area contributed by atoms with Gasteiger partial charge < -0.3 is 10.5 Å². The topological polar surface area (TPSA) is 64.3 Å². The molecule has 1 aromatic carbocycles. The van der Waals surface area contributed by atoms with E-state index in [-0.39, 0.29) is 0 Å². The number of ether oxygens (including phenoxy) is 1. The zero-order valence-corrected chi connectivity index (χ0v) is 11.8. The Balaban J connectivity index is 2.06. The monoisotopic (exact) mass is 262 g/mol. The fourth-order valence-electron chi connectivity index (χ4n) is 2.24. The summed E-state index contributed by atoms with van der Waals surface area (Å²) in [5, 5.41) is 2.83. The fraction of sp³-hybridized carbons (Fsp3) is 0.533. The molecular weight excluding hydrogens is 240 g/mol. The van der Waals surface area contributed by atoms with E-state index in [2.05, 4.69) is 5.32 Å². The van der Waals surface area contributed by atoms with E-state index in [1.54, 1.807) is 0 Å². The Hall–Kier alpha value is -1.55. The second kappa shape index (κ2) is 5.21. The van der Waals surface area contributed by atoms with E-state index < -0.39 is 11.7 Å². The molecule has 0 heterocycles. The molecule has 1 aliphatic carbocycles. The first-order valence-corrected chi connectivity index (χ1v) is 6.69. The minimum Gasteiger partial charge on any atom is -0.444 e. The molecular formula is C15H22N2O2. The molecule has 0 spiro atoms.